The molecule has 3 heteroatoms. The molecule has 0 radical (unpaired) electrons. The Morgan fingerprint density at radius 3 is 3.18 bits per heavy atom. The quantitative estimate of drug-likeness (QED) is 0.629. The normalized spacial score (nSPS) is 26.4. The number of nitrogens with two attached hydrogens (primary N) is 1. The molecule has 1 unspecified atom stereocenters. The van der Waals surface area contributed by atoms with E-state index in [-0.39, 0.29) is 11.2 Å². The van der Waals surface area contributed by atoms with E-state index in [2.05, 4.69) is 0 Å². The van der Waals surface area contributed by atoms with Crippen LogP contribution in [0.15, 0.2) is 34.8 Å². The fourth-order valence-corrected chi connectivity index (χ4v) is 2.22. The molecular formula is C8H7NOS. The highest BCUT2D eigenvalue weighted by molar-refractivity contribution is 8.04. The van der Waals surface area contributed by atoms with Gasteiger partial charge in [-0.3, -0.25) is 4.79 Å². The number of thioether (sulfide) groups is 1. The van der Waals surface area contributed by atoms with Crippen LogP contribution in [0, 0.1) is 0 Å². The van der Waals surface area contributed by atoms with Crippen molar-refractivity contribution in [3.8, 4) is 0 Å². The standard InChI is InChI=1S/C8H7NOS/c9-8(10)7-6-3-1-2-5(6)4-11-7/h1-4,7H,(H2,9,10). The van der Waals surface area contributed by atoms with Crippen molar-refractivity contribution in [1.29, 1.82) is 0 Å². The summed E-state index contributed by atoms with van der Waals surface area (Å²) in [6.07, 6.45) is 5.88. The summed E-state index contributed by atoms with van der Waals surface area (Å²) in [5.41, 5.74) is 7.39. The van der Waals surface area contributed by atoms with Crippen molar-refractivity contribution < 1.29 is 4.79 Å². The molecule has 0 spiro atoms. The van der Waals surface area contributed by atoms with E-state index in [1.54, 1.807) is 0 Å². The average molecular weight is 165 g/mol. The maximum absolute atomic E-state index is 10.8. The second-order valence-electron chi connectivity index (χ2n) is 2.47. The van der Waals surface area contributed by atoms with E-state index in [1.807, 2.05) is 23.6 Å². The number of hydrogen-bond donors (Lipinski definition) is 1. The largest absolute Gasteiger partial charge is 0.368 e. The maximum Gasteiger partial charge on any atom is 0.235 e. The Balaban J connectivity index is 2.31. The second-order valence-corrected chi connectivity index (χ2v) is 3.45. The van der Waals surface area contributed by atoms with Gasteiger partial charge >= 0.3 is 0 Å². The molecule has 1 aliphatic heterocycles. The molecule has 1 heterocycles. The van der Waals surface area contributed by atoms with E-state index in [9.17, 15) is 4.79 Å². The van der Waals surface area contributed by atoms with Crippen LogP contribution < -0.4 is 5.73 Å². The van der Waals surface area contributed by atoms with Gasteiger partial charge in [0.2, 0.25) is 5.91 Å². The first-order valence-electron chi connectivity index (χ1n) is 3.32. The van der Waals surface area contributed by atoms with Crippen molar-refractivity contribution in [1.82, 2.24) is 0 Å². The lowest BCUT2D eigenvalue weighted by Gasteiger charge is -2.04. The van der Waals surface area contributed by atoms with Crippen LogP contribution in [0.3, 0.4) is 0 Å². The molecule has 1 atom stereocenters. The average Bonchev–Trinajstić information content (AvgIpc) is 2.41. The highest BCUT2D eigenvalue weighted by Gasteiger charge is 2.28. The summed E-state index contributed by atoms with van der Waals surface area (Å²) in [6, 6.07) is 0. The van der Waals surface area contributed by atoms with Gasteiger partial charge in [-0.2, -0.15) is 0 Å². The molecule has 1 aliphatic carbocycles. The van der Waals surface area contributed by atoms with E-state index in [1.165, 1.54) is 11.8 Å². The molecule has 2 aliphatic rings. The van der Waals surface area contributed by atoms with Crippen LogP contribution in [0.5, 0.6) is 0 Å². The number of primary amides is 1. The van der Waals surface area contributed by atoms with Gasteiger partial charge in [0.1, 0.15) is 5.25 Å². The van der Waals surface area contributed by atoms with E-state index in [0.717, 1.165) is 11.1 Å². The Morgan fingerprint density at radius 1 is 1.64 bits per heavy atom. The predicted molar refractivity (Wildman–Crippen MR) is 45.9 cm³/mol. The summed E-state index contributed by atoms with van der Waals surface area (Å²) in [6.45, 7) is 0. The van der Waals surface area contributed by atoms with Crippen molar-refractivity contribution in [2.75, 3.05) is 0 Å². The minimum Gasteiger partial charge on any atom is -0.368 e. The molecule has 0 aromatic heterocycles. The number of amides is 1. The van der Waals surface area contributed by atoms with Crippen LogP contribution in [0.25, 0.3) is 0 Å². The monoisotopic (exact) mass is 165 g/mol. The number of carbonyl (C=O) groups excluding carboxylic acids is 1. The molecule has 11 heavy (non-hydrogen) atoms. The molecule has 56 valence electrons. The van der Waals surface area contributed by atoms with E-state index < -0.39 is 0 Å². The SMILES string of the molecule is NC(=O)C1SC=C2C=CC=C21. The van der Waals surface area contributed by atoms with Gasteiger partial charge in [0.25, 0.3) is 0 Å². The maximum atomic E-state index is 10.8. The first kappa shape index (κ1) is 6.73. The number of hydrogen-bond acceptors (Lipinski definition) is 2. The molecule has 2 N–H and O–H groups in total. The molecule has 0 saturated carbocycles. The van der Waals surface area contributed by atoms with Crippen molar-refractivity contribution in [3.63, 3.8) is 0 Å². The fourth-order valence-electron chi connectivity index (χ4n) is 1.23. The summed E-state index contributed by atoms with van der Waals surface area (Å²) in [5, 5.41) is 1.82. The van der Waals surface area contributed by atoms with Gasteiger partial charge in [-0.05, 0) is 16.6 Å². The van der Waals surface area contributed by atoms with Crippen LogP contribution in [-0.4, -0.2) is 11.2 Å². The van der Waals surface area contributed by atoms with Crippen LogP contribution in [0.2, 0.25) is 0 Å². The lowest BCUT2D eigenvalue weighted by atomic mass is 10.1. The summed E-state index contributed by atoms with van der Waals surface area (Å²) >= 11 is 1.49. The Morgan fingerprint density at radius 2 is 2.45 bits per heavy atom. The van der Waals surface area contributed by atoms with E-state index in [4.69, 9.17) is 5.73 Å². The van der Waals surface area contributed by atoms with Crippen LogP contribution in [0.4, 0.5) is 0 Å². The number of rotatable bonds is 1. The lowest BCUT2D eigenvalue weighted by molar-refractivity contribution is -0.116. The molecule has 2 rings (SSSR count). The van der Waals surface area contributed by atoms with Crippen molar-refractivity contribution >= 4 is 17.7 Å². The number of carbonyl (C=O) groups is 1. The van der Waals surface area contributed by atoms with Crippen LogP contribution >= 0.6 is 11.8 Å². The molecule has 1 amide bonds. The third-order valence-electron chi connectivity index (χ3n) is 1.76. The predicted octanol–water partition coefficient (Wildman–Crippen LogP) is 0.967. The highest BCUT2D eigenvalue weighted by Crippen LogP contribution is 2.38. The Labute approximate surface area is 68.8 Å². The Kier molecular flexibility index (Phi) is 1.39. The van der Waals surface area contributed by atoms with Gasteiger partial charge in [-0.25, -0.2) is 0 Å². The van der Waals surface area contributed by atoms with E-state index >= 15 is 0 Å². The first-order valence-corrected chi connectivity index (χ1v) is 4.27. The first-order chi connectivity index (χ1) is 5.29. The topological polar surface area (TPSA) is 43.1 Å². The molecular weight excluding hydrogens is 158 g/mol. The van der Waals surface area contributed by atoms with Gasteiger partial charge < -0.3 is 5.73 Å². The summed E-state index contributed by atoms with van der Waals surface area (Å²) in [7, 11) is 0. The van der Waals surface area contributed by atoms with Gasteiger partial charge in [0, 0.05) is 0 Å². The molecule has 2 nitrogen and oxygen atoms in total. The van der Waals surface area contributed by atoms with Gasteiger partial charge in [0.05, 0.1) is 0 Å². The zero-order chi connectivity index (χ0) is 7.84. The van der Waals surface area contributed by atoms with Gasteiger partial charge in [-0.1, -0.05) is 18.2 Å². The number of allylic oxidation sites excluding steroid dienone is 4. The lowest BCUT2D eigenvalue weighted by Crippen LogP contribution is -2.25. The van der Waals surface area contributed by atoms with Crippen molar-refractivity contribution in [3.05, 3.63) is 34.8 Å². The minimum atomic E-state index is -0.254. The molecule has 0 aromatic carbocycles. The summed E-state index contributed by atoms with van der Waals surface area (Å²) < 4.78 is 0. The van der Waals surface area contributed by atoms with Crippen LogP contribution in [-0.2, 0) is 4.79 Å². The zero-order valence-corrected chi connectivity index (χ0v) is 6.60. The highest BCUT2D eigenvalue weighted by atomic mass is 32.2. The van der Waals surface area contributed by atoms with Crippen molar-refractivity contribution in [2.45, 2.75) is 5.25 Å². The zero-order valence-electron chi connectivity index (χ0n) is 5.78. The molecule has 0 saturated heterocycles. The van der Waals surface area contributed by atoms with Crippen molar-refractivity contribution in [2.24, 2.45) is 5.73 Å². The van der Waals surface area contributed by atoms with Gasteiger partial charge in [0.15, 0.2) is 0 Å². The molecule has 0 aromatic rings. The third-order valence-corrected chi connectivity index (χ3v) is 2.91. The van der Waals surface area contributed by atoms with E-state index in [0.29, 0.717) is 0 Å². The Hall–Kier alpha value is -0.960. The number of fused-ring (bicyclic) bond motifs is 1. The van der Waals surface area contributed by atoms with Crippen LogP contribution in [0.1, 0.15) is 0 Å². The smallest absolute Gasteiger partial charge is 0.235 e. The third kappa shape index (κ3) is 0.922. The second kappa shape index (κ2) is 2.27. The van der Waals surface area contributed by atoms with Gasteiger partial charge in [-0.15, -0.1) is 11.8 Å². The minimum absolute atomic E-state index is 0.153. The summed E-state index contributed by atoms with van der Waals surface area (Å²) in [5.74, 6) is -0.254. The molecule has 0 fully saturated rings. The fraction of sp³-hybridized carbons (Fsp3) is 0.125. The Bertz CT molecular complexity index is 301. The summed E-state index contributed by atoms with van der Waals surface area (Å²) in [4.78, 5) is 10.8. The molecule has 0 bridgehead atoms.